The van der Waals surface area contributed by atoms with E-state index in [4.69, 9.17) is 9.57 Å². The number of nitrogens with zero attached hydrogens (tertiary/aromatic N) is 2. The number of hydrogen-bond donors (Lipinski definition) is 0. The molecule has 0 unspecified atom stereocenters. The van der Waals surface area contributed by atoms with E-state index in [2.05, 4.69) is 32.9 Å². The summed E-state index contributed by atoms with van der Waals surface area (Å²) in [5.74, 6) is 1.01. The Balaban J connectivity index is 1.94. The molecule has 0 spiro atoms. The van der Waals surface area contributed by atoms with Crippen LogP contribution in [0.2, 0.25) is 0 Å². The number of oxime groups is 1. The van der Waals surface area contributed by atoms with Crippen molar-refractivity contribution in [2.75, 3.05) is 20.2 Å². The highest BCUT2D eigenvalue weighted by Crippen LogP contribution is 2.23. The fraction of sp³-hybridized carbons (Fsp3) is 0.600. The molecule has 1 aliphatic heterocycles. The van der Waals surface area contributed by atoms with Crippen LogP contribution in [0, 0.1) is 5.41 Å². The molecule has 0 aliphatic carbocycles. The summed E-state index contributed by atoms with van der Waals surface area (Å²) in [7, 11) is 1.65. The van der Waals surface area contributed by atoms with Gasteiger partial charge in [-0.15, -0.1) is 0 Å². The lowest BCUT2D eigenvalue weighted by Crippen LogP contribution is -2.39. The molecule has 2 rings (SSSR count). The largest absolute Gasteiger partial charge is 0.497 e. The van der Waals surface area contributed by atoms with Crippen molar-refractivity contribution in [1.82, 2.24) is 4.90 Å². The Morgan fingerprint density at radius 3 is 2.56 bits per heavy atom. The van der Waals surface area contributed by atoms with Gasteiger partial charge in [0.2, 0.25) is 5.91 Å². The van der Waals surface area contributed by atoms with Crippen molar-refractivity contribution in [3.63, 3.8) is 0 Å². The van der Waals surface area contributed by atoms with Gasteiger partial charge in [0.1, 0.15) is 5.75 Å². The molecule has 0 radical (unpaired) electrons. The zero-order chi connectivity index (χ0) is 18.4. The summed E-state index contributed by atoms with van der Waals surface area (Å²) < 4.78 is 5.18. The number of ether oxygens (including phenoxy) is 1. The maximum Gasteiger partial charge on any atom is 0.223 e. The zero-order valence-corrected chi connectivity index (χ0v) is 16.0. The molecule has 1 heterocycles. The summed E-state index contributed by atoms with van der Waals surface area (Å²) in [5, 5.41) is 4.23. The topological polar surface area (TPSA) is 51.1 Å². The molecule has 5 nitrogen and oxygen atoms in total. The first-order valence-electron chi connectivity index (χ1n) is 8.97. The van der Waals surface area contributed by atoms with Crippen LogP contribution in [0.3, 0.4) is 0 Å². The van der Waals surface area contributed by atoms with Gasteiger partial charge in [-0.05, 0) is 41.7 Å². The summed E-state index contributed by atoms with van der Waals surface area (Å²) in [6.45, 7) is 9.70. The first-order valence-corrected chi connectivity index (χ1v) is 8.97. The van der Waals surface area contributed by atoms with Gasteiger partial charge in [0.15, 0.2) is 6.10 Å². The summed E-state index contributed by atoms with van der Waals surface area (Å²) in [5.41, 5.74) is 1.95. The van der Waals surface area contributed by atoms with Gasteiger partial charge in [-0.1, -0.05) is 32.9 Å². The molecule has 0 saturated carbocycles. The van der Waals surface area contributed by atoms with Crippen molar-refractivity contribution in [1.29, 1.82) is 0 Å². The van der Waals surface area contributed by atoms with Crippen LogP contribution >= 0.6 is 0 Å². The molecule has 0 saturated heterocycles. The van der Waals surface area contributed by atoms with E-state index in [0.29, 0.717) is 13.0 Å². The minimum atomic E-state index is -0.0763. The fourth-order valence-corrected chi connectivity index (χ4v) is 2.88. The van der Waals surface area contributed by atoms with Gasteiger partial charge in [0.25, 0.3) is 0 Å². The second-order valence-corrected chi connectivity index (χ2v) is 7.78. The number of rotatable bonds is 7. The Hall–Kier alpha value is -2.04. The molecular weight excluding hydrogens is 316 g/mol. The van der Waals surface area contributed by atoms with Gasteiger partial charge in [-0.3, -0.25) is 4.79 Å². The van der Waals surface area contributed by atoms with Crippen molar-refractivity contribution in [2.45, 2.75) is 53.1 Å². The smallest absolute Gasteiger partial charge is 0.223 e. The van der Waals surface area contributed by atoms with Gasteiger partial charge >= 0.3 is 0 Å². The van der Waals surface area contributed by atoms with E-state index in [9.17, 15) is 4.79 Å². The van der Waals surface area contributed by atoms with E-state index < -0.39 is 0 Å². The number of carbonyl (C=O) groups excluding carboxylic acids is 1. The van der Waals surface area contributed by atoms with Gasteiger partial charge in [-0.25, -0.2) is 0 Å². The number of carbonyl (C=O) groups is 1. The van der Waals surface area contributed by atoms with Crippen molar-refractivity contribution in [2.24, 2.45) is 10.6 Å². The van der Waals surface area contributed by atoms with Crippen LogP contribution in [0.4, 0.5) is 0 Å². The summed E-state index contributed by atoms with van der Waals surface area (Å²) in [6, 6.07) is 7.80. The first-order chi connectivity index (χ1) is 11.8. The fourth-order valence-electron chi connectivity index (χ4n) is 2.88. The second-order valence-electron chi connectivity index (χ2n) is 7.78. The third-order valence-electron chi connectivity index (χ3n) is 4.11. The Kier molecular flexibility index (Phi) is 6.45. The molecule has 1 amide bonds. The Morgan fingerprint density at radius 1 is 1.32 bits per heavy atom. The molecule has 138 valence electrons. The van der Waals surface area contributed by atoms with Crippen LogP contribution in [0.25, 0.3) is 0 Å². The maximum atomic E-state index is 12.6. The summed E-state index contributed by atoms with van der Waals surface area (Å²) in [6.07, 6.45) is 2.13. The van der Waals surface area contributed by atoms with E-state index in [0.717, 1.165) is 36.4 Å². The molecule has 1 atom stereocenters. The lowest BCUT2D eigenvalue weighted by molar-refractivity contribution is -0.134. The average molecular weight is 346 g/mol. The van der Waals surface area contributed by atoms with E-state index in [-0.39, 0.29) is 17.4 Å². The van der Waals surface area contributed by atoms with Gasteiger partial charge < -0.3 is 14.5 Å². The molecule has 5 heteroatoms. The van der Waals surface area contributed by atoms with Crippen LogP contribution < -0.4 is 4.74 Å². The van der Waals surface area contributed by atoms with Crippen LogP contribution in [-0.2, 0) is 9.63 Å². The molecule has 1 aromatic carbocycles. The lowest BCUT2D eigenvalue weighted by atomic mass is 9.91. The van der Waals surface area contributed by atoms with Crippen LogP contribution in [0.5, 0.6) is 5.75 Å². The number of benzene rings is 1. The van der Waals surface area contributed by atoms with Gasteiger partial charge in [0.05, 0.1) is 19.4 Å². The normalized spacial score (nSPS) is 17.0. The lowest BCUT2D eigenvalue weighted by Gasteiger charge is -2.27. The van der Waals surface area contributed by atoms with Crippen molar-refractivity contribution >= 4 is 11.6 Å². The van der Waals surface area contributed by atoms with Gasteiger partial charge in [0, 0.05) is 19.4 Å². The summed E-state index contributed by atoms with van der Waals surface area (Å²) >= 11 is 0. The Morgan fingerprint density at radius 2 is 2.00 bits per heavy atom. The highest BCUT2D eigenvalue weighted by atomic mass is 16.6. The minimum Gasteiger partial charge on any atom is -0.497 e. The molecule has 25 heavy (non-hydrogen) atoms. The predicted octanol–water partition coefficient (Wildman–Crippen LogP) is 3.86. The molecule has 1 aromatic rings. The maximum absolute atomic E-state index is 12.6. The minimum absolute atomic E-state index is 0.00956. The van der Waals surface area contributed by atoms with E-state index >= 15 is 0 Å². The van der Waals surface area contributed by atoms with Crippen LogP contribution in [-0.4, -0.2) is 42.8 Å². The van der Waals surface area contributed by atoms with Crippen molar-refractivity contribution in [3.8, 4) is 5.75 Å². The highest BCUT2D eigenvalue weighted by Gasteiger charge is 2.28. The Bertz CT molecular complexity index is 602. The van der Waals surface area contributed by atoms with E-state index in [1.54, 1.807) is 7.11 Å². The van der Waals surface area contributed by atoms with E-state index in [1.807, 2.05) is 29.2 Å². The number of amides is 1. The van der Waals surface area contributed by atoms with E-state index in [1.165, 1.54) is 0 Å². The predicted molar refractivity (Wildman–Crippen MR) is 100.0 cm³/mol. The molecule has 0 aromatic heterocycles. The average Bonchev–Trinajstić information content (AvgIpc) is 3.01. The summed E-state index contributed by atoms with van der Waals surface area (Å²) in [4.78, 5) is 20.1. The number of methoxy groups -OCH3 is 1. The first kappa shape index (κ1) is 19.3. The quantitative estimate of drug-likeness (QED) is 0.753. The number of hydrogen-bond acceptors (Lipinski definition) is 4. The molecule has 0 N–H and O–H groups in total. The van der Waals surface area contributed by atoms with Crippen molar-refractivity contribution in [3.05, 3.63) is 29.8 Å². The Labute approximate surface area is 151 Å². The molecular formula is C20H30N2O3. The highest BCUT2D eigenvalue weighted by molar-refractivity contribution is 6.01. The standard InChI is InChI=1S/C20H30N2O3/c1-6-11-22(19(23)13-20(2,3)4)14-17-12-18(21-25-17)15-7-9-16(24-5)10-8-15/h7-10,17H,6,11-14H2,1-5H3/t17-/m1/s1. The molecule has 1 aliphatic rings. The molecule has 0 fully saturated rings. The zero-order valence-electron chi connectivity index (χ0n) is 16.0. The third-order valence-corrected chi connectivity index (χ3v) is 4.11. The monoisotopic (exact) mass is 346 g/mol. The van der Waals surface area contributed by atoms with Crippen LogP contribution in [0.1, 0.15) is 52.5 Å². The molecule has 0 bridgehead atoms. The second kappa shape index (κ2) is 8.37. The van der Waals surface area contributed by atoms with Crippen molar-refractivity contribution < 1.29 is 14.4 Å². The third kappa shape index (κ3) is 5.76. The van der Waals surface area contributed by atoms with Gasteiger partial charge in [-0.2, -0.15) is 0 Å². The SMILES string of the molecule is CCCN(C[C@H]1CC(c2ccc(OC)cc2)=NO1)C(=O)CC(C)(C)C. The van der Waals surface area contributed by atoms with Crippen LogP contribution in [0.15, 0.2) is 29.4 Å².